The molecule has 98 valence electrons. The van der Waals surface area contributed by atoms with Crippen LogP contribution in [-0.4, -0.2) is 46.4 Å². The van der Waals surface area contributed by atoms with E-state index in [1.807, 2.05) is 13.8 Å². The molecular formula is C12H26O4. The molecule has 0 saturated carbocycles. The van der Waals surface area contributed by atoms with E-state index >= 15 is 0 Å². The lowest BCUT2D eigenvalue weighted by Gasteiger charge is -2.00. The monoisotopic (exact) mass is 234 g/mol. The molecule has 0 fully saturated rings. The summed E-state index contributed by atoms with van der Waals surface area (Å²) in [7, 11) is 3.30. The van der Waals surface area contributed by atoms with Gasteiger partial charge in [0.05, 0.1) is 26.4 Å². The summed E-state index contributed by atoms with van der Waals surface area (Å²) in [4.78, 5) is 10.3. The second-order valence-electron chi connectivity index (χ2n) is 3.90. The normalized spacial score (nSPS) is 9.88. The van der Waals surface area contributed by atoms with Crippen LogP contribution in [-0.2, 0) is 19.0 Å². The Labute approximate surface area is 99.3 Å². The second kappa shape index (κ2) is 14.6. The van der Waals surface area contributed by atoms with Crippen LogP contribution in [0.2, 0.25) is 0 Å². The van der Waals surface area contributed by atoms with Crippen molar-refractivity contribution in [1.82, 2.24) is 0 Å². The Hall–Kier alpha value is -0.450. The maximum atomic E-state index is 10.3. The van der Waals surface area contributed by atoms with Crippen LogP contribution in [0.15, 0.2) is 0 Å². The lowest BCUT2D eigenvalue weighted by Crippen LogP contribution is -2.06. The number of hydrogen-bond acceptors (Lipinski definition) is 4. The van der Waals surface area contributed by atoms with Crippen molar-refractivity contribution < 1.29 is 19.0 Å². The molecule has 4 heteroatoms. The SMILES string of the molecule is CC(=O)CC(C)C.COCCOCCOC. The van der Waals surface area contributed by atoms with Crippen LogP contribution in [0.25, 0.3) is 0 Å². The largest absolute Gasteiger partial charge is 0.382 e. The molecule has 0 aliphatic heterocycles. The molecule has 0 unspecified atom stereocenters. The summed E-state index contributed by atoms with van der Waals surface area (Å²) in [6.07, 6.45) is 0.722. The van der Waals surface area contributed by atoms with E-state index in [4.69, 9.17) is 14.2 Å². The predicted molar refractivity (Wildman–Crippen MR) is 64.7 cm³/mol. The van der Waals surface area contributed by atoms with Crippen LogP contribution < -0.4 is 0 Å². The first-order chi connectivity index (χ1) is 7.54. The first-order valence-corrected chi connectivity index (χ1v) is 5.59. The van der Waals surface area contributed by atoms with Gasteiger partial charge in [-0.05, 0) is 12.8 Å². The van der Waals surface area contributed by atoms with E-state index in [0.29, 0.717) is 32.3 Å². The van der Waals surface area contributed by atoms with Crippen LogP contribution >= 0.6 is 0 Å². The zero-order valence-electron chi connectivity index (χ0n) is 11.2. The Bertz CT molecular complexity index is 140. The number of hydrogen-bond donors (Lipinski definition) is 0. The molecule has 0 radical (unpaired) electrons. The second-order valence-corrected chi connectivity index (χ2v) is 3.90. The molecule has 0 rings (SSSR count). The van der Waals surface area contributed by atoms with Gasteiger partial charge in [0.2, 0.25) is 0 Å². The average molecular weight is 234 g/mol. The third-order valence-corrected chi connectivity index (χ3v) is 1.56. The van der Waals surface area contributed by atoms with Crippen molar-refractivity contribution >= 4 is 5.78 Å². The quantitative estimate of drug-likeness (QED) is 0.602. The molecule has 0 spiro atoms. The Kier molecular flexibility index (Phi) is 16.3. The highest BCUT2D eigenvalue weighted by atomic mass is 16.5. The van der Waals surface area contributed by atoms with Crippen molar-refractivity contribution in [2.45, 2.75) is 27.2 Å². The Balaban J connectivity index is 0. The zero-order chi connectivity index (χ0) is 12.8. The fourth-order valence-corrected chi connectivity index (χ4v) is 0.961. The van der Waals surface area contributed by atoms with Crippen molar-refractivity contribution in [2.75, 3.05) is 40.6 Å². The minimum absolute atomic E-state index is 0.287. The zero-order valence-corrected chi connectivity index (χ0v) is 11.2. The topological polar surface area (TPSA) is 44.8 Å². The van der Waals surface area contributed by atoms with E-state index in [9.17, 15) is 4.79 Å². The van der Waals surface area contributed by atoms with Crippen LogP contribution in [0.4, 0.5) is 0 Å². The van der Waals surface area contributed by atoms with Gasteiger partial charge in [0.15, 0.2) is 0 Å². The van der Waals surface area contributed by atoms with Crippen molar-refractivity contribution in [2.24, 2.45) is 5.92 Å². The number of carbonyl (C=O) groups excluding carboxylic acids is 1. The number of ether oxygens (including phenoxy) is 3. The van der Waals surface area contributed by atoms with Gasteiger partial charge in [-0.2, -0.15) is 0 Å². The minimum atomic E-state index is 0.287. The molecule has 0 aromatic rings. The highest BCUT2D eigenvalue weighted by Gasteiger charge is 1.95. The van der Waals surface area contributed by atoms with E-state index in [1.54, 1.807) is 21.1 Å². The number of ketones is 1. The van der Waals surface area contributed by atoms with Crippen LogP contribution in [0.5, 0.6) is 0 Å². The first-order valence-electron chi connectivity index (χ1n) is 5.59. The first kappa shape index (κ1) is 17.9. The fraction of sp³-hybridized carbons (Fsp3) is 0.917. The third kappa shape index (κ3) is 23.4. The fourth-order valence-electron chi connectivity index (χ4n) is 0.961. The van der Waals surface area contributed by atoms with E-state index in [0.717, 1.165) is 6.42 Å². The van der Waals surface area contributed by atoms with Crippen LogP contribution in [0.1, 0.15) is 27.2 Å². The summed E-state index contributed by atoms with van der Waals surface area (Å²) in [6, 6.07) is 0. The molecule has 0 amide bonds. The van der Waals surface area contributed by atoms with Crippen LogP contribution in [0.3, 0.4) is 0 Å². The van der Waals surface area contributed by atoms with Gasteiger partial charge in [-0.15, -0.1) is 0 Å². The minimum Gasteiger partial charge on any atom is -0.382 e. The molecule has 0 saturated heterocycles. The number of rotatable bonds is 8. The lowest BCUT2D eigenvalue weighted by molar-refractivity contribution is -0.117. The molecule has 0 N–H and O–H groups in total. The molecule has 4 nitrogen and oxygen atoms in total. The summed E-state index contributed by atoms with van der Waals surface area (Å²) >= 11 is 0. The Morgan fingerprint density at radius 2 is 1.44 bits per heavy atom. The molecule has 0 atom stereocenters. The summed E-state index contributed by atoms with van der Waals surface area (Å²) in [5, 5.41) is 0. The van der Waals surface area contributed by atoms with Gasteiger partial charge in [0.1, 0.15) is 5.78 Å². The lowest BCUT2D eigenvalue weighted by atomic mass is 10.1. The maximum Gasteiger partial charge on any atom is 0.130 e. The third-order valence-electron chi connectivity index (χ3n) is 1.56. The van der Waals surface area contributed by atoms with Crippen LogP contribution in [0, 0.1) is 5.92 Å². The number of carbonyl (C=O) groups is 1. The van der Waals surface area contributed by atoms with Gasteiger partial charge in [-0.3, -0.25) is 0 Å². The highest BCUT2D eigenvalue weighted by Crippen LogP contribution is 1.97. The molecule has 0 aliphatic rings. The van der Waals surface area contributed by atoms with Crippen molar-refractivity contribution in [1.29, 1.82) is 0 Å². The van der Waals surface area contributed by atoms with Gasteiger partial charge >= 0.3 is 0 Å². The average Bonchev–Trinajstić information content (AvgIpc) is 2.16. The summed E-state index contributed by atoms with van der Waals surface area (Å²) in [6.45, 7) is 8.33. The molecule has 0 heterocycles. The van der Waals surface area contributed by atoms with E-state index in [1.165, 1.54) is 0 Å². The van der Waals surface area contributed by atoms with Gasteiger partial charge in [0.25, 0.3) is 0 Å². The van der Waals surface area contributed by atoms with Gasteiger partial charge in [0, 0.05) is 20.6 Å². The number of methoxy groups -OCH3 is 2. The standard InChI is InChI=1S/C6H14O3.C6H12O/c1-7-3-5-9-6-4-8-2;1-5(2)4-6(3)7/h3-6H2,1-2H3;5H,4H2,1-3H3. The van der Waals surface area contributed by atoms with Crippen molar-refractivity contribution in [3.05, 3.63) is 0 Å². The molecule has 0 bridgehead atoms. The molecular weight excluding hydrogens is 208 g/mol. The molecule has 0 aliphatic carbocycles. The molecule has 0 aromatic carbocycles. The van der Waals surface area contributed by atoms with Gasteiger partial charge in [-0.1, -0.05) is 13.8 Å². The van der Waals surface area contributed by atoms with Crippen molar-refractivity contribution in [3.63, 3.8) is 0 Å². The Morgan fingerprint density at radius 1 is 1.00 bits per heavy atom. The van der Waals surface area contributed by atoms with Gasteiger partial charge < -0.3 is 19.0 Å². The van der Waals surface area contributed by atoms with Crippen molar-refractivity contribution in [3.8, 4) is 0 Å². The predicted octanol–water partition coefficient (Wildman–Crippen LogP) is 1.92. The highest BCUT2D eigenvalue weighted by molar-refractivity contribution is 5.75. The van der Waals surface area contributed by atoms with E-state index in [-0.39, 0.29) is 5.78 Å². The summed E-state index contributed by atoms with van der Waals surface area (Å²) in [5.41, 5.74) is 0. The maximum absolute atomic E-state index is 10.3. The molecule has 16 heavy (non-hydrogen) atoms. The van der Waals surface area contributed by atoms with Gasteiger partial charge in [-0.25, -0.2) is 0 Å². The summed E-state index contributed by atoms with van der Waals surface area (Å²) < 4.78 is 14.6. The Morgan fingerprint density at radius 3 is 1.62 bits per heavy atom. The van der Waals surface area contributed by atoms with E-state index < -0.39 is 0 Å². The summed E-state index contributed by atoms with van der Waals surface area (Å²) in [5.74, 6) is 0.813. The smallest absolute Gasteiger partial charge is 0.130 e. The van der Waals surface area contributed by atoms with E-state index in [2.05, 4.69) is 0 Å². The molecule has 0 aromatic heterocycles. The number of Topliss-reactive ketones (excluding diaryl/α,β-unsaturated/α-hetero) is 1.